The van der Waals surface area contributed by atoms with Crippen molar-refractivity contribution in [2.45, 2.75) is 12.5 Å². The highest BCUT2D eigenvalue weighted by molar-refractivity contribution is 6.31. The largest absolute Gasteiger partial charge is 0.403 e. The summed E-state index contributed by atoms with van der Waals surface area (Å²) in [4.78, 5) is 12.5. The van der Waals surface area contributed by atoms with Crippen LogP contribution in [0.1, 0.15) is 33.9 Å². The molecule has 0 fully saturated rings. The Labute approximate surface area is 133 Å². The molecule has 0 radical (unpaired) electrons. The lowest BCUT2D eigenvalue weighted by Crippen LogP contribution is -2.30. The molecule has 4 N–H and O–H groups in total. The van der Waals surface area contributed by atoms with Crippen LogP contribution in [-0.2, 0) is 0 Å². The number of carbonyl (C=O) groups excluding carboxylic acids is 1. The third-order valence-corrected chi connectivity index (χ3v) is 4.13. The second-order valence-corrected chi connectivity index (χ2v) is 5.64. The Morgan fingerprint density at radius 3 is 2.73 bits per heavy atom. The molecule has 3 rings (SSSR count). The van der Waals surface area contributed by atoms with Crippen LogP contribution < -0.4 is 11.6 Å². The van der Waals surface area contributed by atoms with E-state index in [-0.39, 0.29) is 18.2 Å². The van der Waals surface area contributed by atoms with Crippen LogP contribution in [0.25, 0.3) is 5.70 Å². The van der Waals surface area contributed by atoms with E-state index < -0.39 is 0 Å². The number of rotatable bonds is 3. The smallest absolute Gasteiger partial charge is 0.165 e. The van der Waals surface area contributed by atoms with E-state index in [0.717, 1.165) is 16.8 Å². The van der Waals surface area contributed by atoms with Crippen molar-refractivity contribution in [2.75, 3.05) is 0 Å². The average molecular weight is 314 g/mol. The predicted molar refractivity (Wildman–Crippen MR) is 87.8 cm³/mol. The van der Waals surface area contributed by atoms with Gasteiger partial charge in [0, 0.05) is 28.8 Å². The van der Waals surface area contributed by atoms with E-state index in [1.807, 2.05) is 24.3 Å². The van der Waals surface area contributed by atoms with Gasteiger partial charge in [0.25, 0.3) is 0 Å². The summed E-state index contributed by atoms with van der Waals surface area (Å²) in [6, 6.07) is 14.5. The molecule has 0 aromatic heterocycles. The molecule has 2 aromatic rings. The summed E-state index contributed by atoms with van der Waals surface area (Å²) in [5.41, 5.74) is 8.98. The maximum atomic E-state index is 12.5. The fraction of sp³-hybridized carbons (Fsp3) is 0.118. The lowest BCUT2D eigenvalue weighted by Gasteiger charge is -2.22. The van der Waals surface area contributed by atoms with Gasteiger partial charge in [0.2, 0.25) is 0 Å². The van der Waals surface area contributed by atoms with Gasteiger partial charge in [0.1, 0.15) is 0 Å². The highest BCUT2D eigenvalue weighted by Crippen LogP contribution is 2.40. The Morgan fingerprint density at radius 1 is 1.23 bits per heavy atom. The van der Waals surface area contributed by atoms with Gasteiger partial charge in [-0.05, 0) is 17.7 Å². The number of hydrogen-bond acceptors (Lipinski definition) is 4. The maximum absolute atomic E-state index is 12.5. The van der Waals surface area contributed by atoms with E-state index >= 15 is 0 Å². The van der Waals surface area contributed by atoms with Gasteiger partial charge in [-0.2, -0.15) is 0 Å². The fourth-order valence-electron chi connectivity index (χ4n) is 2.82. The van der Waals surface area contributed by atoms with Crippen LogP contribution in [0.3, 0.4) is 0 Å². The number of Topliss-reactive ketones (excluding diaryl/α,β-unsaturated/α-hetero) is 1. The predicted octanol–water partition coefficient (Wildman–Crippen LogP) is 3.10. The van der Waals surface area contributed by atoms with Gasteiger partial charge in [-0.25, -0.2) is 5.84 Å². The van der Waals surface area contributed by atoms with Crippen LogP contribution in [0.4, 0.5) is 0 Å². The van der Waals surface area contributed by atoms with Crippen molar-refractivity contribution in [3.05, 3.63) is 76.4 Å². The molecular formula is C17H16ClN3O. The third kappa shape index (κ3) is 2.47. The number of hydrogen-bond donors (Lipinski definition) is 2. The Hall–Kier alpha value is -2.30. The first-order valence-electron chi connectivity index (χ1n) is 6.95. The van der Waals surface area contributed by atoms with Crippen molar-refractivity contribution in [2.24, 2.45) is 11.6 Å². The number of nitrogens with two attached hydrogens (primary N) is 2. The van der Waals surface area contributed by atoms with Crippen molar-refractivity contribution in [1.29, 1.82) is 0 Å². The van der Waals surface area contributed by atoms with E-state index in [4.69, 9.17) is 23.2 Å². The molecule has 1 atom stereocenters. The molecule has 5 heteroatoms. The monoisotopic (exact) mass is 313 g/mol. The number of fused-ring (bicyclic) bond motifs is 1. The Balaban J connectivity index is 1.91. The highest BCUT2D eigenvalue weighted by atomic mass is 35.5. The minimum atomic E-state index is -0.225. The lowest BCUT2D eigenvalue weighted by molar-refractivity contribution is 0.0950. The topological polar surface area (TPSA) is 72.4 Å². The number of carbonyl (C=O) groups is 1. The van der Waals surface area contributed by atoms with Crippen molar-refractivity contribution in [3.8, 4) is 0 Å². The van der Waals surface area contributed by atoms with Crippen LogP contribution >= 0.6 is 11.6 Å². The summed E-state index contributed by atoms with van der Waals surface area (Å²) in [5, 5.41) is 2.11. The molecule has 0 amide bonds. The Bertz CT molecular complexity index is 757. The van der Waals surface area contributed by atoms with E-state index in [0.29, 0.717) is 10.6 Å². The number of ketones is 1. The molecule has 0 bridgehead atoms. The maximum Gasteiger partial charge on any atom is 0.165 e. The molecule has 1 heterocycles. The molecule has 1 unspecified atom stereocenters. The normalized spacial score (nSPS) is 18.5. The first-order valence-corrected chi connectivity index (χ1v) is 7.33. The molecule has 0 saturated carbocycles. The van der Waals surface area contributed by atoms with E-state index in [1.165, 1.54) is 6.20 Å². The molecule has 22 heavy (non-hydrogen) atoms. The number of benzene rings is 2. The number of nitrogens with zero attached hydrogens (tertiary/aromatic N) is 1. The van der Waals surface area contributed by atoms with E-state index in [2.05, 4.69) is 0 Å². The average Bonchev–Trinajstić information content (AvgIpc) is 2.79. The van der Waals surface area contributed by atoms with Crippen LogP contribution in [0, 0.1) is 0 Å². The summed E-state index contributed by atoms with van der Waals surface area (Å²) in [6.45, 7) is 0. The summed E-state index contributed by atoms with van der Waals surface area (Å²) in [7, 11) is 0. The minimum absolute atomic E-state index is 0.00368. The molecular weight excluding hydrogens is 298 g/mol. The zero-order valence-corrected chi connectivity index (χ0v) is 12.6. The van der Waals surface area contributed by atoms with Gasteiger partial charge in [0.05, 0.1) is 11.7 Å². The van der Waals surface area contributed by atoms with Crippen molar-refractivity contribution >= 4 is 23.1 Å². The van der Waals surface area contributed by atoms with E-state index in [9.17, 15) is 4.79 Å². The third-order valence-electron chi connectivity index (χ3n) is 3.89. The van der Waals surface area contributed by atoms with Gasteiger partial charge in [-0.3, -0.25) is 4.79 Å². The zero-order chi connectivity index (χ0) is 15.7. The van der Waals surface area contributed by atoms with Gasteiger partial charge in [-0.15, -0.1) is 0 Å². The molecule has 0 saturated heterocycles. The first-order chi connectivity index (χ1) is 10.6. The summed E-state index contributed by atoms with van der Waals surface area (Å²) >= 11 is 5.95. The standard InChI is InChI=1S/C17H16ClN3O/c18-12-5-3-4-11(8-12)17(22)9-15-13-6-1-2-7-14(13)16(10-19)21(15)20/h1-8,10,15H,9,19-20H2/b16-10-. The van der Waals surface area contributed by atoms with Crippen molar-refractivity contribution < 1.29 is 4.79 Å². The second-order valence-electron chi connectivity index (χ2n) is 5.20. The van der Waals surface area contributed by atoms with Crippen molar-refractivity contribution in [3.63, 3.8) is 0 Å². The fourth-order valence-corrected chi connectivity index (χ4v) is 3.01. The van der Waals surface area contributed by atoms with Crippen LogP contribution in [0.5, 0.6) is 0 Å². The highest BCUT2D eigenvalue weighted by Gasteiger charge is 2.33. The quantitative estimate of drug-likeness (QED) is 0.674. The molecule has 0 spiro atoms. The summed E-state index contributed by atoms with van der Waals surface area (Å²) in [5.74, 6) is 6.14. The molecule has 2 aromatic carbocycles. The van der Waals surface area contributed by atoms with Gasteiger partial charge >= 0.3 is 0 Å². The van der Waals surface area contributed by atoms with Crippen LogP contribution in [-0.4, -0.2) is 10.8 Å². The Kier molecular flexibility index (Phi) is 3.88. The summed E-state index contributed by atoms with van der Waals surface area (Å²) in [6.07, 6.45) is 1.74. The number of halogens is 1. The van der Waals surface area contributed by atoms with Gasteiger partial charge < -0.3 is 10.7 Å². The molecule has 0 aliphatic carbocycles. The van der Waals surface area contributed by atoms with Gasteiger partial charge in [-0.1, -0.05) is 48.0 Å². The van der Waals surface area contributed by atoms with E-state index in [1.54, 1.807) is 29.3 Å². The second kappa shape index (κ2) is 5.83. The first kappa shape index (κ1) is 14.6. The van der Waals surface area contributed by atoms with Crippen LogP contribution in [0.15, 0.2) is 54.7 Å². The SMILES string of the molecule is N/C=C1/c2ccccc2C(CC(=O)c2cccc(Cl)c2)N1N. The molecule has 1 aliphatic heterocycles. The van der Waals surface area contributed by atoms with Crippen LogP contribution in [0.2, 0.25) is 5.02 Å². The summed E-state index contributed by atoms with van der Waals surface area (Å²) < 4.78 is 0. The minimum Gasteiger partial charge on any atom is -0.403 e. The molecule has 1 aliphatic rings. The zero-order valence-electron chi connectivity index (χ0n) is 11.9. The molecule has 112 valence electrons. The Morgan fingerprint density at radius 2 is 2.00 bits per heavy atom. The van der Waals surface area contributed by atoms with Crippen molar-refractivity contribution in [1.82, 2.24) is 5.01 Å². The molecule has 4 nitrogen and oxygen atoms in total. The number of hydrazine groups is 1. The van der Waals surface area contributed by atoms with Gasteiger partial charge in [0.15, 0.2) is 5.78 Å². The lowest BCUT2D eigenvalue weighted by atomic mass is 9.97.